The summed E-state index contributed by atoms with van der Waals surface area (Å²) in [7, 11) is 0. The Labute approximate surface area is 211 Å². The van der Waals surface area contributed by atoms with E-state index in [4.69, 9.17) is 0 Å². The van der Waals surface area contributed by atoms with Crippen molar-refractivity contribution < 1.29 is 4.79 Å². The van der Waals surface area contributed by atoms with Crippen molar-refractivity contribution in [2.24, 2.45) is 0 Å². The number of carbonyl (C=O) groups excluding carboxylic acids is 1. The van der Waals surface area contributed by atoms with Crippen LogP contribution in [0.1, 0.15) is 28.4 Å². The lowest BCUT2D eigenvalue weighted by atomic mass is 10.0. The van der Waals surface area contributed by atoms with E-state index in [1.54, 1.807) is 0 Å². The number of carbonyl (C=O) groups is 1. The van der Waals surface area contributed by atoms with E-state index >= 15 is 0 Å². The highest BCUT2D eigenvalue weighted by molar-refractivity contribution is 8.00. The summed E-state index contributed by atoms with van der Waals surface area (Å²) in [6, 6.07) is 26.6. The van der Waals surface area contributed by atoms with Gasteiger partial charge in [0.15, 0.2) is 0 Å². The molecule has 1 aliphatic rings. The Morgan fingerprint density at radius 1 is 0.886 bits per heavy atom. The summed E-state index contributed by atoms with van der Waals surface area (Å²) < 4.78 is 3.38. The molecule has 1 aliphatic heterocycles. The molecule has 5 nitrogen and oxygen atoms in total. The molecule has 0 bridgehead atoms. The third-order valence-electron chi connectivity index (χ3n) is 6.56. The van der Waals surface area contributed by atoms with Gasteiger partial charge in [0, 0.05) is 55.6 Å². The number of aromatic nitrogens is 1. The van der Waals surface area contributed by atoms with Crippen molar-refractivity contribution in [1.29, 1.82) is 0 Å². The third-order valence-corrected chi connectivity index (χ3v) is 7.45. The van der Waals surface area contributed by atoms with Gasteiger partial charge in [0.05, 0.1) is 10.4 Å². The van der Waals surface area contributed by atoms with Gasteiger partial charge in [-0.15, -0.1) is 0 Å². The van der Waals surface area contributed by atoms with Gasteiger partial charge in [0.1, 0.15) is 0 Å². The van der Waals surface area contributed by atoms with Gasteiger partial charge in [0.2, 0.25) is 0 Å². The van der Waals surface area contributed by atoms with Crippen LogP contribution in [0, 0.1) is 0 Å². The predicted octanol–water partition coefficient (Wildman–Crippen LogP) is 5.87. The molecule has 1 aromatic heterocycles. The number of piperazine rings is 1. The number of rotatable bonds is 7. The molecular weight excluding hydrogens is 452 g/mol. The highest BCUT2D eigenvalue weighted by Crippen LogP contribution is 2.27. The van der Waals surface area contributed by atoms with Crippen LogP contribution in [-0.4, -0.2) is 46.9 Å². The molecule has 0 unspecified atom stereocenters. The van der Waals surface area contributed by atoms with Gasteiger partial charge in [-0.25, -0.2) is 0 Å². The number of nitrogens with one attached hydrogen (secondary N) is 1. The second-order valence-electron chi connectivity index (χ2n) is 8.80. The van der Waals surface area contributed by atoms with E-state index in [-0.39, 0.29) is 5.91 Å². The number of aryl methyl sites for hydroxylation is 1. The normalized spacial score (nSPS) is 14.3. The predicted molar refractivity (Wildman–Crippen MR) is 145 cm³/mol. The van der Waals surface area contributed by atoms with Crippen LogP contribution in [0.25, 0.3) is 10.9 Å². The standard InChI is InChI=1S/C29H30N4OS/c1-2-22-7-3-4-8-25(22)21-32-17-19-33(20-18-32)29(34)24-12-14-26(15-13-24)31-35-27-11-5-9-23-10-6-16-30-28(23)27/h3-16,31H,2,17-21H2,1H3. The zero-order chi connectivity index (χ0) is 24.0. The van der Waals surface area contributed by atoms with Gasteiger partial charge >= 0.3 is 0 Å². The molecule has 0 radical (unpaired) electrons. The smallest absolute Gasteiger partial charge is 0.253 e. The summed E-state index contributed by atoms with van der Waals surface area (Å²) >= 11 is 1.54. The molecule has 1 fully saturated rings. The minimum atomic E-state index is 0.107. The minimum Gasteiger partial charge on any atom is -0.336 e. The highest BCUT2D eigenvalue weighted by Gasteiger charge is 2.22. The summed E-state index contributed by atoms with van der Waals surface area (Å²) in [5.74, 6) is 0.107. The topological polar surface area (TPSA) is 48.5 Å². The Morgan fingerprint density at radius 3 is 2.40 bits per heavy atom. The van der Waals surface area contributed by atoms with Crippen LogP contribution < -0.4 is 4.72 Å². The Morgan fingerprint density at radius 2 is 1.63 bits per heavy atom. The van der Waals surface area contributed by atoms with E-state index < -0.39 is 0 Å². The quantitative estimate of drug-likeness (QED) is 0.334. The molecular formula is C29H30N4OS. The van der Waals surface area contributed by atoms with Crippen LogP contribution in [0.4, 0.5) is 5.69 Å². The Kier molecular flexibility index (Phi) is 7.31. The van der Waals surface area contributed by atoms with E-state index in [1.165, 1.54) is 23.1 Å². The number of anilines is 1. The van der Waals surface area contributed by atoms with Gasteiger partial charge in [-0.05, 0) is 65.9 Å². The number of para-hydroxylation sites is 1. The maximum Gasteiger partial charge on any atom is 0.253 e. The van der Waals surface area contributed by atoms with E-state index in [0.717, 1.165) is 66.2 Å². The average molecular weight is 483 g/mol. The van der Waals surface area contributed by atoms with Gasteiger partial charge in [-0.3, -0.25) is 14.7 Å². The lowest BCUT2D eigenvalue weighted by molar-refractivity contribution is 0.0628. The van der Waals surface area contributed by atoms with Crippen molar-refractivity contribution in [3.63, 3.8) is 0 Å². The summed E-state index contributed by atoms with van der Waals surface area (Å²) in [6.07, 6.45) is 2.87. The fourth-order valence-corrected chi connectivity index (χ4v) is 5.32. The number of hydrogen-bond donors (Lipinski definition) is 1. The lowest BCUT2D eigenvalue weighted by Gasteiger charge is -2.35. The molecule has 5 rings (SSSR count). The summed E-state index contributed by atoms with van der Waals surface area (Å²) in [6.45, 7) is 6.48. The Bertz CT molecular complexity index is 1290. The van der Waals surface area contributed by atoms with Gasteiger partial charge in [-0.1, -0.05) is 49.4 Å². The van der Waals surface area contributed by atoms with Gasteiger partial charge < -0.3 is 9.62 Å². The van der Waals surface area contributed by atoms with Crippen molar-refractivity contribution in [3.05, 3.63) is 102 Å². The molecule has 0 aliphatic carbocycles. The molecule has 178 valence electrons. The fourth-order valence-electron chi connectivity index (χ4n) is 4.54. The van der Waals surface area contributed by atoms with Crippen molar-refractivity contribution in [3.8, 4) is 0 Å². The van der Waals surface area contributed by atoms with Crippen molar-refractivity contribution in [1.82, 2.24) is 14.8 Å². The number of nitrogens with zero attached hydrogens (tertiary/aromatic N) is 3. The van der Waals surface area contributed by atoms with Crippen LogP contribution >= 0.6 is 11.9 Å². The Balaban J connectivity index is 1.15. The number of pyridine rings is 1. The average Bonchev–Trinajstić information content (AvgIpc) is 2.92. The second-order valence-corrected chi connectivity index (χ2v) is 9.65. The van der Waals surface area contributed by atoms with E-state index in [2.05, 4.69) is 64.0 Å². The molecule has 3 aromatic carbocycles. The molecule has 35 heavy (non-hydrogen) atoms. The monoisotopic (exact) mass is 482 g/mol. The number of fused-ring (bicyclic) bond motifs is 1. The number of benzene rings is 3. The van der Waals surface area contributed by atoms with Crippen molar-refractivity contribution in [2.75, 3.05) is 30.9 Å². The van der Waals surface area contributed by atoms with Gasteiger partial charge in [-0.2, -0.15) is 0 Å². The van der Waals surface area contributed by atoms with Crippen molar-refractivity contribution >= 4 is 34.4 Å². The first-order chi connectivity index (χ1) is 17.2. The Hall–Kier alpha value is -3.35. The first-order valence-electron chi connectivity index (χ1n) is 12.2. The molecule has 1 N–H and O–H groups in total. The number of hydrogen-bond acceptors (Lipinski definition) is 5. The van der Waals surface area contributed by atoms with E-state index in [9.17, 15) is 4.79 Å². The molecule has 0 saturated carbocycles. The highest BCUT2D eigenvalue weighted by atomic mass is 32.2. The minimum absolute atomic E-state index is 0.107. The first kappa shape index (κ1) is 23.4. The second kappa shape index (κ2) is 10.9. The zero-order valence-corrected chi connectivity index (χ0v) is 20.8. The largest absolute Gasteiger partial charge is 0.336 e. The van der Waals surface area contributed by atoms with E-state index in [1.807, 2.05) is 47.5 Å². The zero-order valence-electron chi connectivity index (χ0n) is 20.0. The molecule has 6 heteroatoms. The van der Waals surface area contributed by atoms with Crippen LogP contribution in [0.5, 0.6) is 0 Å². The van der Waals surface area contributed by atoms with Gasteiger partial charge in [0.25, 0.3) is 5.91 Å². The summed E-state index contributed by atoms with van der Waals surface area (Å²) in [5, 5.41) is 1.12. The van der Waals surface area contributed by atoms with E-state index in [0.29, 0.717) is 0 Å². The van der Waals surface area contributed by atoms with Crippen molar-refractivity contribution in [2.45, 2.75) is 24.8 Å². The van der Waals surface area contributed by atoms with Crippen LogP contribution in [-0.2, 0) is 13.0 Å². The summed E-state index contributed by atoms with van der Waals surface area (Å²) in [5.41, 5.74) is 5.48. The maximum atomic E-state index is 13.1. The molecule has 2 heterocycles. The molecule has 0 atom stereocenters. The fraction of sp³-hybridized carbons (Fsp3) is 0.241. The number of amides is 1. The molecule has 4 aromatic rings. The molecule has 1 amide bonds. The first-order valence-corrected chi connectivity index (χ1v) is 13.0. The SMILES string of the molecule is CCc1ccccc1CN1CCN(C(=O)c2ccc(NSc3cccc4cccnc34)cc2)CC1. The maximum absolute atomic E-state index is 13.1. The van der Waals surface area contributed by atoms with Crippen LogP contribution in [0.3, 0.4) is 0 Å². The third kappa shape index (κ3) is 5.50. The molecule has 0 spiro atoms. The van der Waals surface area contributed by atoms with Crippen LogP contribution in [0.15, 0.2) is 90.0 Å². The summed E-state index contributed by atoms with van der Waals surface area (Å²) in [4.78, 5) is 23.1. The molecule has 1 saturated heterocycles. The van der Waals surface area contributed by atoms with Crippen LogP contribution in [0.2, 0.25) is 0 Å². The lowest BCUT2D eigenvalue weighted by Crippen LogP contribution is -2.48.